The number of likely N-dealkylation sites (N-methyl/N-ethyl adjacent to an activating group) is 1. The van der Waals surface area contributed by atoms with E-state index in [2.05, 4.69) is 20.5 Å². The second-order valence-electron chi connectivity index (χ2n) is 25.6. The lowest BCUT2D eigenvalue weighted by molar-refractivity contribution is -0.288. The van der Waals surface area contributed by atoms with E-state index >= 15 is 0 Å². The fraction of sp³-hybridized carbons (Fsp3) is 0.413. The van der Waals surface area contributed by atoms with Gasteiger partial charge in [-0.2, -0.15) is 0 Å². The Morgan fingerprint density at radius 1 is 0.413 bits per heavy atom. The topological polar surface area (TPSA) is 466 Å². The molecule has 3 fully saturated rings. The highest BCUT2D eigenvalue weighted by Gasteiger charge is 2.54. The summed E-state index contributed by atoms with van der Waals surface area (Å²) in [7, 11) is 3.26. The van der Waals surface area contributed by atoms with Gasteiger partial charge in [0.15, 0.2) is 12.2 Å². The smallest absolute Gasteiger partial charge is 0.463 e. The standard InChI is InChI=1S/C29H33NO11.C25H32N2O8.C21H26NO10P/c1-15-12-21(20-8-7-9-22(13-20)28(35)30-6)10-11-23(15)40-29-27(39-19(5)34)26(38-18(4)33)25(37-17(3)32)24(41-29)14-36-16(2)31;1-14-10-16(15-6-5-7-17(11-15)24(32)26-2)8-9-18(14)34-25-23(31)22(30)21(29)19(35-25)13-33-20(28)12-27(3)4;1-11-8-13(12-4-3-5-14(9-12)20(26)22-2)6-7-15(11)31-21-19(25)18(24)17(23)16(32-21)10-30-33(27,28)29/h7-13,24-27,29H,14H2,1-6H3,(H,30,35);5-11,19,21-23,25,29-31H,12-13H2,1-4H3,(H,26,32);3-9,16-19,21,23-25H,10H2,1-2H3,(H,22,26)(H2,27,28,29). The van der Waals surface area contributed by atoms with E-state index in [-0.39, 0.29) is 37.5 Å². The second-order valence-corrected chi connectivity index (χ2v) is 26.8. The predicted octanol–water partition coefficient (Wildman–Crippen LogP) is 3.11. The summed E-state index contributed by atoms with van der Waals surface area (Å²) in [6.07, 6.45) is -21.1. The Kier molecular flexibility index (Phi) is 31.3. The number of nitrogens with one attached hydrogen (secondary N) is 3. The molecule has 11 N–H and O–H groups in total. The van der Waals surface area contributed by atoms with E-state index in [1.54, 1.807) is 151 Å². The van der Waals surface area contributed by atoms with E-state index in [0.717, 1.165) is 59.7 Å². The molecule has 3 aliphatic heterocycles. The molecule has 15 atom stereocenters. The normalized spacial score (nSPS) is 23.6. The average molecular weight is 1540 g/mol. The van der Waals surface area contributed by atoms with Gasteiger partial charge in [-0.25, -0.2) is 4.57 Å². The van der Waals surface area contributed by atoms with Crippen molar-refractivity contribution in [1.29, 1.82) is 0 Å². The Balaban J connectivity index is 0.000000229. The zero-order valence-corrected chi connectivity index (χ0v) is 62.6. The van der Waals surface area contributed by atoms with E-state index in [1.165, 1.54) is 6.92 Å². The minimum Gasteiger partial charge on any atom is -0.463 e. The number of rotatable bonds is 24. The molecular formula is C75H91N4O29P. The van der Waals surface area contributed by atoms with Gasteiger partial charge in [0, 0.05) is 65.5 Å². The van der Waals surface area contributed by atoms with Crippen LogP contribution in [0, 0.1) is 20.8 Å². The minimum atomic E-state index is -4.84. The fourth-order valence-corrected chi connectivity index (χ4v) is 11.8. The number of esters is 5. The summed E-state index contributed by atoms with van der Waals surface area (Å²) in [6, 6.07) is 37.1. The summed E-state index contributed by atoms with van der Waals surface area (Å²) in [6.45, 7) is 8.62. The van der Waals surface area contributed by atoms with Crippen LogP contribution in [0.1, 0.15) is 75.5 Å². The summed E-state index contributed by atoms with van der Waals surface area (Å²) in [4.78, 5) is 115. The van der Waals surface area contributed by atoms with Crippen LogP contribution in [0.2, 0.25) is 0 Å². The van der Waals surface area contributed by atoms with Crippen molar-refractivity contribution in [2.75, 3.05) is 61.6 Å². The Bertz CT molecular complexity index is 4230. The molecule has 3 heterocycles. The zero-order valence-electron chi connectivity index (χ0n) is 61.7. The van der Waals surface area contributed by atoms with E-state index in [1.807, 2.05) is 37.3 Å². The number of hydrogen-bond acceptors (Lipinski definition) is 28. The molecule has 0 radical (unpaired) electrons. The largest absolute Gasteiger partial charge is 0.469 e. The monoisotopic (exact) mass is 1540 g/mol. The van der Waals surface area contributed by atoms with Gasteiger partial charge in [0.25, 0.3) is 17.7 Å². The number of nitrogens with zero attached hydrogens (tertiary/aromatic N) is 1. The van der Waals surface area contributed by atoms with Crippen LogP contribution in [0.5, 0.6) is 17.2 Å². The zero-order chi connectivity index (χ0) is 80.3. The van der Waals surface area contributed by atoms with E-state index < -0.39 is 136 Å². The number of phosphoric acid groups is 1. The highest BCUT2D eigenvalue weighted by molar-refractivity contribution is 7.46. The SMILES string of the molecule is CNC(=O)c1cccc(-c2ccc(OC3OC(COC(=O)CN(C)C)C(O)C(O)C3O)c(C)c2)c1.CNC(=O)c1cccc(-c2ccc(OC3OC(COC(C)=O)C(OC(C)=O)C(OC(C)=O)C3OC(C)=O)c(C)c2)c1.CNC(=O)c1cccc(-c2ccc(OC3OC(COP(=O)(O)O)C(O)C(O)C3O)c(C)c2)c1. The summed E-state index contributed by atoms with van der Waals surface area (Å²) < 4.78 is 76.5. The van der Waals surface area contributed by atoms with E-state index in [4.69, 9.17) is 61.9 Å². The molecule has 0 aromatic heterocycles. The Morgan fingerprint density at radius 2 is 0.752 bits per heavy atom. The van der Waals surface area contributed by atoms with Crippen molar-refractivity contribution >= 4 is 55.4 Å². The van der Waals surface area contributed by atoms with Gasteiger partial charge in [0.05, 0.1) is 13.2 Å². The Labute approximate surface area is 627 Å². The number of carbonyl (C=O) groups is 8. The molecular weight excluding hydrogens is 1450 g/mol. The molecule has 0 saturated carbocycles. The fourth-order valence-electron chi connectivity index (χ4n) is 11.4. The van der Waals surface area contributed by atoms with Gasteiger partial charge in [0.1, 0.15) is 85.4 Å². The lowest BCUT2D eigenvalue weighted by Gasteiger charge is -2.44. The van der Waals surface area contributed by atoms with Crippen LogP contribution in [0.25, 0.3) is 33.4 Å². The van der Waals surface area contributed by atoms with Crippen molar-refractivity contribution in [3.05, 3.63) is 161 Å². The van der Waals surface area contributed by atoms with Crippen LogP contribution in [-0.4, -0.2) is 247 Å². The number of hydrogen-bond donors (Lipinski definition) is 11. The van der Waals surface area contributed by atoms with E-state index in [9.17, 15) is 73.6 Å². The van der Waals surface area contributed by atoms with Crippen LogP contribution < -0.4 is 30.2 Å². The molecule has 15 unspecified atom stereocenters. The van der Waals surface area contributed by atoms with Crippen LogP contribution in [0.3, 0.4) is 0 Å². The molecule has 3 amide bonds. The van der Waals surface area contributed by atoms with E-state index in [0.29, 0.717) is 45.1 Å². The van der Waals surface area contributed by atoms with Crippen molar-refractivity contribution in [1.82, 2.24) is 20.9 Å². The van der Waals surface area contributed by atoms with Gasteiger partial charge in [-0.1, -0.05) is 54.6 Å². The van der Waals surface area contributed by atoms with Gasteiger partial charge in [-0.15, -0.1) is 0 Å². The van der Waals surface area contributed by atoms with Crippen LogP contribution >= 0.6 is 7.82 Å². The quantitative estimate of drug-likeness (QED) is 0.0235. The molecule has 6 aromatic rings. The first-order valence-electron chi connectivity index (χ1n) is 34.0. The number of phosphoric ester groups is 1. The third kappa shape index (κ3) is 24.3. The van der Waals surface area contributed by atoms with Gasteiger partial charge >= 0.3 is 37.7 Å². The lowest BCUT2D eigenvalue weighted by atomic mass is 9.97. The van der Waals surface area contributed by atoms with Gasteiger partial charge in [-0.05, 0) is 158 Å². The van der Waals surface area contributed by atoms with Gasteiger partial charge in [-0.3, -0.25) is 47.8 Å². The predicted molar refractivity (Wildman–Crippen MR) is 385 cm³/mol. The summed E-state index contributed by atoms with van der Waals surface area (Å²) >= 11 is 0. The van der Waals surface area contributed by atoms with Crippen molar-refractivity contribution in [3.63, 3.8) is 0 Å². The minimum absolute atomic E-state index is 0.0471. The van der Waals surface area contributed by atoms with Crippen molar-refractivity contribution in [3.8, 4) is 50.6 Å². The molecule has 3 aliphatic rings. The number of benzene rings is 6. The molecule has 33 nitrogen and oxygen atoms in total. The highest BCUT2D eigenvalue weighted by atomic mass is 31.2. The molecule has 9 rings (SSSR count). The first-order chi connectivity index (χ1) is 51.5. The first-order valence-corrected chi connectivity index (χ1v) is 35.5. The molecule has 109 heavy (non-hydrogen) atoms. The Morgan fingerprint density at radius 3 is 1.10 bits per heavy atom. The number of ether oxygens (including phenoxy) is 11. The molecule has 0 bridgehead atoms. The molecule has 590 valence electrons. The second kappa shape index (κ2) is 39.5. The number of aryl methyl sites for hydroxylation is 3. The third-order valence-corrected chi connectivity index (χ3v) is 17.3. The summed E-state index contributed by atoms with van der Waals surface area (Å²) in [5.41, 5.74) is 8.48. The van der Waals surface area contributed by atoms with Crippen LogP contribution in [0.15, 0.2) is 127 Å². The summed E-state index contributed by atoms with van der Waals surface area (Å²) in [5, 5.41) is 69.1. The van der Waals surface area contributed by atoms with Crippen molar-refractivity contribution < 1.29 is 140 Å². The Hall–Kier alpha value is -9.81. The van der Waals surface area contributed by atoms with Crippen LogP contribution in [-0.2, 0) is 71.0 Å². The van der Waals surface area contributed by atoms with Gasteiger partial charge in [0.2, 0.25) is 25.0 Å². The third-order valence-electron chi connectivity index (χ3n) is 16.9. The average Bonchev–Trinajstić information content (AvgIpc) is 0.783. The molecule has 6 aromatic carbocycles. The number of amides is 3. The summed E-state index contributed by atoms with van der Waals surface area (Å²) in [5.74, 6) is -2.90. The maximum atomic E-state index is 12.1. The number of carbonyl (C=O) groups excluding carboxylic acids is 8. The van der Waals surface area contributed by atoms with Gasteiger partial charge < -0.3 is 108 Å². The van der Waals surface area contributed by atoms with Crippen molar-refractivity contribution in [2.45, 2.75) is 141 Å². The molecule has 34 heteroatoms. The lowest BCUT2D eigenvalue weighted by Crippen LogP contribution is -2.63. The number of aliphatic hydroxyl groups excluding tert-OH is 6. The maximum Gasteiger partial charge on any atom is 0.469 e. The first kappa shape index (κ1) is 86.4. The molecule has 0 spiro atoms. The van der Waals surface area contributed by atoms with Crippen molar-refractivity contribution in [2.24, 2.45) is 0 Å². The molecule has 3 saturated heterocycles. The van der Waals surface area contributed by atoms with Crippen LogP contribution in [0.4, 0.5) is 0 Å². The number of aliphatic hydroxyl groups is 6. The maximum absolute atomic E-state index is 12.1. The highest BCUT2D eigenvalue weighted by Crippen LogP contribution is 2.39. The molecule has 0 aliphatic carbocycles.